The number of methoxy groups -OCH3 is 2. The summed E-state index contributed by atoms with van der Waals surface area (Å²) in [6.45, 7) is 0. The zero-order valence-electron chi connectivity index (χ0n) is 18.9. The molecular formula is C24H21ClN6O3S. The number of halogens is 1. The van der Waals surface area contributed by atoms with Crippen molar-refractivity contribution in [3.05, 3.63) is 77.6 Å². The second-order valence-corrected chi connectivity index (χ2v) is 8.40. The Hall–Kier alpha value is -3.89. The van der Waals surface area contributed by atoms with Crippen molar-refractivity contribution in [3.8, 4) is 28.6 Å². The van der Waals surface area contributed by atoms with Gasteiger partial charge in [-0.05, 0) is 48.5 Å². The third-order valence-electron chi connectivity index (χ3n) is 4.82. The first-order chi connectivity index (χ1) is 17.1. The van der Waals surface area contributed by atoms with E-state index >= 15 is 0 Å². The van der Waals surface area contributed by atoms with E-state index in [0.29, 0.717) is 33.1 Å². The molecule has 11 heteroatoms. The van der Waals surface area contributed by atoms with Gasteiger partial charge in [0.2, 0.25) is 0 Å². The van der Waals surface area contributed by atoms with Crippen LogP contribution in [0.25, 0.3) is 17.1 Å². The van der Waals surface area contributed by atoms with Gasteiger partial charge in [-0.3, -0.25) is 14.3 Å². The summed E-state index contributed by atoms with van der Waals surface area (Å²) in [4.78, 5) is 16.5. The van der Waals surface area contributed by atoms with E-state index in [2.05, 4.69) is 25.7 Å². The molecule has 1 N–H and O–H groups in total. The SMILES string of the molecule is COc1cccc(/C=N\NC(=O)CSc2nnc(-c3ccncc3)n2-c2ccc(Cl)cc2)c1OC. The van der Waals surface area contributed by atoms with E-state index in [1.54, 1.807) is 50.9 Å². The normalized spacial score (nSPS) is 10.9. The number of ether oxygens (including phenoxy) is 2. The lowest BCUT2D eigenvalue weighted by molar-refractivity contribution is -0.118. The van der Waals surface area contributed by atoms with Gasteiger partial charge in [-0.25, -0.2) is 5.43 Å². The van der Waals surface area contributed by atoms with Gasteiger partial charge in [-0.2, -0.15) is 5.10 Å². The number of nitrogens with zero attached hydrogens (tertiary/aromatic N) is 5. The highest BCUT2D eigenvalue weighted by Crippen LogP contribution is 2.30. The molecule has 0 fully saturated rings. The summed E-state index contributed by atoms with van der Waals surface area (Å²) in [6, 6.07) is 16.4. The number of aromatic nitrogens is 4. The Morgan fingerprint density at radius 3 is 2.57 bits per heavy atom. The summed E-state index contributed by atoms with van der Waals surface area (Å²) in [5.74, 6) is 1.51. The fourth-order valence-corrected chi connectivity index (χ4v) is 4.09. The van der Waals surface area contributed by atoms with Gasteiger partial charge in [0, 0.05) is 34.2 Å². The topological polar surface area (TPSA) is 104 Å². The molecule has 2 heterocycles. The molecule has 0 saturated carbocycles. The molecule has 0 aliphatic carbocycles. The monoisotopic (exact) mass is 508 g/mol. The van der Waals surface area contributed by atoms with Crippen molar-refractivity contribution in [1.29, 1.82) is 0 Å². The average Bonchev–Trinajstić information content (AvgIpc) is 3.32. The van der Waals surface area contributed by atoms with Gasteiger partial charge in [0.15, 0.2) is 22.5 Å². The quantitative estimate of drug-likeness (QED) is 0.205. The summed E-state index contributed by atoms with van der Waals surface area (Å²) in [5.41, 5.74) is 4.86. The van der Waals surface area contributed by atoms with Crippen molar-refractivity contribution in [2.24, 2.45) is 5.10 Å². The number of amides is 1. The highest BCUT2D eigenvalue weighted by atomic mass is 35.5. The van der Waals surface area contributed by atoms with Gasteiger partial charge in [-0.15, -0.1) is 10.2 Å². The molecule has 178 valence electrons. The smallest absolute Gasteiger partial charge is 0.250 e. The number of nitrogens with one attached hydrogen (secondary N) is 1. The van der Waals surface area contributed by atoms with Gasteiger partial charge in [-0.1, -0.05) is 29.4 Å². The summed E-state index contributed by atoms with van der Waals surface area (Å²) in [7, 11) is 3.10. The van der Waals surface area contributed by atoms with Crippen LogP contribution >= 0.6 is 23.4 Å². The van der Waals surface area contributed by atoms with Crippen molar-refractivity contribution >= 4 is 35.5 Å². The zero-order valence-corrected chi connectivity index (χ0v) is 20.5. The predicted molar refractivity (Wildman–Crippen MR) is 136 cm³/mol. The maximum Gasteiger partial charge on any atom is 0.250 e. The number of rotatable bonds is 9. The zero-order chi connectivity index (χ0) is 24.6. The van der Waals surface area contributed by atoms with Crippen LogP contribution in [0, 0.1) is 0 Å². The summed E-state index contributed by atoms with van der Waals surface area (Å²) in [5, 5.41) is 13.9. The highest BCUT2D eigenvalue weighted by Gasteiger charge is 2.17. The van der Waals surface area contributed by atoms with Crippen molar-refractivity contribution in [1.82, 2.24) is 25.2 Å². The van der Waals surface area contributed by atoms with Crippen LogP contribution in [0.3, 0.4) is 0 Å². The Bertz CT molecular complexity index is 1330. The van der Waals surface area contributed by atoms with E-state index in [1.807, 2.05) is 34.9 Å². The van der Waals surface area contributed by atoms with Crippen LogP contribution in [0.2, 0.25) is 5.02 Å². The molecular weight excluding hydrogens is 488 g/mol. The Morgan fingerprint density at radius 2 is 1.86 bits per heavy atom. The fraction of sp³-hybridized carbons (Fsp3) is 0.125. The van der Waals surface area contributed by atoms with Gasteiger partial charge in [0.25, 0.3) is 5.91 Å². The Morgan fingerprint density at radius 1 is 1.09 bits per heavy atom. The standard InChI is InChI=1S/C24H21ClN6O3S/c1-33-20-5-3-4-17(22(20)34-2)14-27-28-21(32)15-35-24-30-29-23(16-10-12-26-13-11-16)31(24)19-8-6-18(25)7-9-19/h3-14H,15H2,1-2H3,(H,28,32)/b27-14-. The van der Waals surface area contributed by atoms with Crippen molar-refractivity contribution < 1.29 is 14.3 Å². The molecule has 0 aliphatic rings. The molecule has 4 rings (SSSR count). The van der Waals surface area contributed by atoms with Crippen LogP contribution in [0.5, 0.6) is 11.5 Å². The molecule has 0 spiro atoms. The van der Waals surface area contributed by atoms with Crippen LogP contribution in [-0.4, -0.2) is 51.8 Å². The summed E-state index contributed by atoms with van der Waals surface area (Å²) >= 11 is 7.31. The first kappa shape index (κ1) is 24.2. The highest BCUT2D eigenvalue weighted by molar-refractivity contribution is 7.99. The molecule has 0 aliphatic heterocycles. The lowest BCUT2D eigenvalue weighted by Gasteiger charge is -2.10. The van der Waals surface area contributed by atoms with Crippen LogP contribution < -0.4 is 14.9 Å². The van der Waals surface area contributed by atoms with E-state index in [4.69, 9.17) is 21.1 Å². The Kier molecular flexibility index (Phi) is 7.96. The first-order valence-electron chi connectivity index (χ1n) is 10.4. The molecule has 2 aromatic carbocycles. The lowest BCUT2D eigenvalue weighted by atomic mass is 10.2. The van der Waals surface area contributed by atoms with Crippen molar-refractivity contribution in [3.63, 3.8) is 0 Å². The van der Waals surface area contributed by atoms with E-state index < -0.39 is 0 Å². The number of carbonyl (C=O) groups is 1. The van der Waals surface area contributed by atoms with Crippen molar-refractivity contribution in [2.75, 3.05) is 20.0 Å². The van der Waals surface area contributed by atoms with Gasteiger partial charge in [0.05, 0.1) is 26.2 Å². The minimum Gasteiger partial charge on any atom is -0.493 e. The molecule has 35 heavy (non-hydrogen) atoms. The number of thioether (sulfide) groups is 1. The third-order valence-corrected chi connectivity index (χ3v) is 6.00. The largest absolute Gasteiger partial charge is 0.493 e. The molecule has 4 aromatic rings. The summed E-state index contributed by atoms with van der Waals surface area (Å²) in [6.07, 6.45) is 4.87. The van der Waals surface area contributed by atoms with E-state index in [0.717, 1.165) is 11.3 Å². The van der Waals surface area contributed by atoms with E-state index in [1.165, 1.54) is 18.0 Å². The van der Waals surface area contributed by atoms with Crippen LogP contribution in [0.4, 0.5) is 0 Å². The Labute approximate surface area is 211 Å². The Balaban J connectivity index is 1.49. The number of hydrogen-bond acceptors (Lipinski definition) is 8. The molecule has 0 atom stereocenters. The second kappa shape index (κ2) is 11.5. The number of para-hydroxylation sites is 1. The van der Waals surface area contributed by atoms with Crippen LogP contribution in [0.1, 0.15) is 5.56 Å². The maximum absolute atomic E-state index is 12.5. The molecule has 1 amide bonds. The number of benzene rings is 2. The number of carbonyl (C=O) groups excluding carboxylic acids is 1. The van der Waals surface area contributed by atoms with Gasteiger partial charge < -0.3 is 9.47 Å². The molecule has 0 bridgehead atoms. The molecule has 0 radical (unpaired) electrons. The second-order valence-electron chi connectivity index (χ2n) is 7.02. The fourth-order valence-electron chi connectivity index (χ4n) is 3.22. The molecule has 0 unspecified atom stereocenters. The van der Waals surface area contributed by atoms with Crippen LogP contribution in [0.15, 0.2) is 77.2 Å². The van der Waals surface area contributed by atoms with Gasteiger partial charge in [0.1, 0.15) is 0 Å². The number of hydrazone groups is 1. The number of pyridine rings is 1. The van der Waals surface area contributed by atoms with Gasteiger partial charge >= 0.3 is 0 Å². The van der Waals surface area contributed by atoms with E-state index in [9.17, 15) is 4.79 Å². The minimum absolute atomic E-state index is 0.0780. The van der Waals surface area contributed by atoms with E-state index in [-0.39, 0.29) is 11.7 Å². The maximum atomic E-state index is 12.5. The van der Waals surface area contributed by atoms with Crippen molar-refractivity contribution in [2.45, 2.75) is 5.16 Å². The number of hydrogen-bond donors (Lipinski definition) is 1. The molecule has 9 nitrogen and oxygen atoms in total. The molecule has 0 saturated heterocycles. The predicted octanol–water partition coefficient (Wildman–Crippen LogP) is 4.24. The summed E-state index contributed by atoms with van der Waals surface area (Å²) < 4.78 is 12.5. The molecule has 2 aromatic heterocycles. The first-order valence-corrected chi connectivity index (χ1v) is 11.7. The average molecular weight is 509 g/mol. The minimum atomic E-state index is -0.302. The lowest BCUT2D eigenvalue weighted by Crippen LogP contribution is -2.20. The van der Waals surface area contributed by atoms with Crippen LogP contribution in [-0.2, 0) is 4.79 Å². The third kappa shape index (κ3) is 5.79.